The highest BCUT2D eigenvalue weighted by atomic mass is 32.2. The van der Waals surface area contributed by atoms with E-state index in [1.54, 1.807) is 36.0 Å². The van der Waals surface area contributed by atoms with Crippen molar-refractivity contribution in [3.05, 3.63) is 65.7 Å². The maximum atomic E-state index is 12.8. The molecule has 0 heterocycles. The molecular formula is C25H35N3O3S. The minimum Gasteiger partial charge on any atom is -0.508 e. The molecule has 2 rings (SSSR count). The van der Waals surface area contributed by atoms with Gasteiger partial charge in [0.05, 0.1) is 12.1 Å². The zero-order valence-electron chi connectivity index (χ0n) is 19.0. The number of nitrogens with two attached hydrogens (primary N) is 1. The van der Waals surface area contributed by atoms with Crippen LogP contribution >= 0.6 is 11.8 Å². The van der Waals surface area contributed by atoms with Gasteiger partial charge in [-0.2, -0.15) is 11.8 Å². The zero-order chi connectivity index (χ0) is 23.3. The number of carbonyl (C=O) groups is 2. The van der Waals surface area contributed by atoms with Gasteiger partial charge >= 0.3 is 0 Å². The van der Waals surface area contributed by atoms with Crippen molar-refractivity contribution in [2.75, 3.05) is 25.1 Å². The average molecular weight is 458 g/mol. The number of benzene rings is 2. The Labute approximate surface area is 195 Å². The highest BCUT2D eigenvalue weighted by Crippen LogP contribution is 2.12. The Morgan fingerprint density at radius 2 is 1.66 bits per heavy atom. The normalized spacial score (nSPS) is 13.0. The molecule has 7 heteroatoms. The highest BCUT2D eigenvalue weighted by molar-refractivity contribution is 7.98. The van der Waals surface area contributed by atoms with E-state index in [2.05, 4.69) is 28.6 Å². The minimum absolute atomic E-state index is 0.157. The summed E-state index contributed by atoms with van der Waals surface area (Å²) in [5.41, 5.74) is 8.12. The lowest BCUT2D eigenvalue weighted by atomic mass is 10.1. The molecule has 4 N–H and O–H groups in total. The number of nitrogens with one attached hydrogen (secondary N) is 1. The number of hydrogen-bond acceptors (Lipinski definition) is 6. The fraction of sp³-hybridized carbons (Fsp3) is 0.440. The Bertz CT molecular complexity index is 830. The molecule has 0 aliphatic rings. The van der Waals surface area contributed by atoms with Crippen LogP contribution in [0.5, 0.6) is 5.75 Å². The number of phenolic OH excluding ortho intramolecular Hbond substituents is 1. The fourth-order valence-electron chi connectivity index (χ4n) is 3.51. The molecule has 0 bridgehead atoms. The average Bonchev–Trinajstić information content (AvgIpc) is 2.79. The van der Waals surface area contributed by atoms with Crippen LogP contribution < -0.4 is 11.1 Å². The Hall–Kier alpha value is -2.35. The van der Waals surface area contributed by atoms with Crippen LogP contribution in [-0.2, 0) is 22.4 Å². The summed E-state index contributed by atoms with van der Waals surface area (Å²) in [5.74, 6) is 0.382. The molecule has 0 unspecified atom stereocenters. The lowest BCUT2D eigenvalue weighted by molar-refractivity contribution is -0.134. The summed E-state index contributed by atoms with van der Waals surface area (Å²) in [4.78, 5) is 27.4. The Morgan fingerprint density at radius 1 is 1.00 bits per heavy atom. The van der Waals surface area contributed by atoms with Crippen LogP contribution in [-0.4, -0.2) is 59.0 Å². The van der Waals surface area contributed by atoms with Crippen molar-refractivity contribution < 1.29 is 14.7 Å². The first kappa shape index (κ1) is 25.9. The predicted octanol–water partition coefficient (Wildman–Crippen LogP) is 2.98. The van der Waals surface area contributed by atoms with E-state index in [0.717, 1.165) is 43.7 Å². The molecule has 2 amide bonds. The predicted molar refractivity (Wildman–Crippen MR) is 132 cm³/mol. The molecule has 0 radical (unpaired) electrons. The van der Waals surface area contributed by atoms with E-state index < -0.39 is 18.0 Å². The first-order valence-corrected chi connectivity index (χ1v) is 12.4. The molecule has 0 aliphatic carbocycles. The molecule has 0 spiro atoms. The quantitative estimate of drug-likeness (QED) is 0.400. The third-order valence-corrected chi connectivity index (χ3v) is 6.15. The summed E-state index contributed by atoms with van der Waals surface area (Å²) in [6.45, 7) is 3.43. The Kier molecular flexibility index (Phi) is 11.3. The van der Waals surface area contributed by atoms with Gasteiger partial charge in [-0.3, -0.25) is 19.8 Å². The van der Waals surface area contributed by atoms with Crippen LogP contribution in [0.25, 0.3) is 0 Å². The van der Waals surface area contributed by atoms with Gasteiger partial charge in [0.2, 0.25) is 11.8 Å². The van der Waals surface area contributed by atoms with Crippen molar-refractivity contribution in [2.24, 2.45) is 5.73 Å². The van der Waals surface area contributed by atoms with Crippen molar-refractivity contribution in [1.82, 2.24) is 10.2 Å². The van der Waals surface area contributed by atoms with Crippen molar-refractivity contribution in [1.29, 1.82) is 0 Å². The molecule has 0 saturated carbocycles. The van der Waals surface area contributed by atoms with E-state index in [0.29, 0.717) is 6.42 Å². The van der Waals surface area contributed by atoms with Gasteiger partial charge in [0.1, 0.15) is 5.75 Å². The summed E-state index contributed by atoms with van der Waals surface area (Å²) in [5, 5.41) is 11.9. The van der Waals surface area contributed by atoms with Gasteiger partial charge in [-0.1, -0.05) is 42.5 Å². The zero-order valence-corrected chi connectivity index (χ0v) is 19.8. The molecular weight excluding hydrogens is 422 g/mol. The number of rotatable bonds is 13. The number of aromatic hydroxyl groups is 1. The molecule has 174 valence electrons. The van der Waals surface area contributed by atoms with E-state index >= 15 is 0 Å². The second-order valence-corrected chi connectivity index (χ2v) is 8.96. The molecule has 2 aromatic rings. The second-order valence-electron chi connectivity index (χ2n) is 7.98. The number of amides is 2. The standard InChI is InChI=1S/C25H35N3O3S/c1-19(24(30)27-25(31)23(26)18-21-11-13-22(29)14-12-21)28(16-7-17-32-2)15-6-10-20-8-4-3-5-9-20/h3-5,8-9,11-14,19,23,29H,6-7,10,15-18,26H2,1-2H3,(H,27,30,31)/t19-,23+/m1/s1. The molecule has 32 heavy (non-hydrogen) atoms. The molecule has 0 aliphatic heterocycles. The maximum Gasteiger partial charge on any atom is 0.243 e. The molecule has 0 fully saturated rings. The van der Waals surface area contributed by atoms with Gasteiger partial charge < -0.3 is 10.8 Å². The topological polar surface area (TPSA) is 95.7 Å². The smallest absolute Gasteiger partial charge is 0.243 e. The Morgan fingerprint density at radius 3 is 2.31 bits per heavy atom. The van der Waals surface area contributed by atoms with E-state index in [9.17, 15) is 14.7 Å². The van der Waals surface area contributed by atoms with E-state index in [4.69, 9.17) is 5.73 Å². The lowest BCUT2D eigenvalue weighted by Crippen LogP contribution is -2.52. The number of aryl methyl sites for hydroxylation is 1. The third kappa shape index (κ3) is 9.02. The number of thioether (sulfide) groups is 1. The van der Waals surface area contributed by atoms with Gasteiger partial charge in [-0.05, 0) is 81.0 Å². The number of hydrogen-bond donors (Lipinski definition) is 3. The molecule has 6 nitrogen and oxygen atoms in total. The van der Waals surface area contributed by atoms with Crippen LogP contribution in [0.2, 0.25) is 0 Å². The maximum absolute atomic E-state index is 12.8. The summed E-state index contributed by atoms with van der Waals surface area (Å²) in [6, 6.07) is 15.6. The summed E-state index contributed by atoms with van der Waals surface area (Å²) < 4.78 is 0. The van der Waals surface area contributed by atoms with E-state index in [-0.39, 0.29) is 11.7 Å². The van der Waals surface area contributed by atoms with Gasteiger partial charge in [0.25, 0.3) is 0 Å². The Balaban J connectivity index is 1.89. The highest BCUT2D eigenvalue weighted by Gasteiger charge is 2.24. The number of nitrogens with zero attached hydrogens (tertiary/aromatic N) is 1. The molecule has 2 atom stereocenters. The number of imide groups is 1. The van der Waals surface area contributed by atoms with E-state index in [1.807, 2.05) is 25.1 Å². The molecule has 0 aromatic heterocycles. The van der Waals surface area contributed by atoms with Crippen molar-refractivity contribution in [3.63, 3.8) is 0 Å². The number of carbonyl (C=O) groups excluding carboxylic acids is 2. The summed E-state index contributed by atoms with van der Waals surface area (Å²) in [7, 11) is 0. The summed E-state index contributed by atoms with van der Waals surface area (Å²) in [6.07, 6.45) is 5.24. The monoisotopic (exact) mass is 457 g/mol. The van der Waals surface area contributed by atoms with Crippen LogP contribution in [0.1, 0.15) is 30.9 Å². The van der Waals surface area contributed by atoms with Crippen LogP contribution in [0.15, 0.2) is 54.6 Å². The first-order chi connectivity index (χ1) is 15.4. The summed E-state index contributed by atoms with van der Waals surface area (Å²) >= 11 is 1.79. The van der Waals surface area contributed by atoms with Crippen molar-refractivity contribution >= 4 is 23.6 Å². The van der Waals surface area contributed by atoms with Gasteiger partial charge in [0, 0.05) is 0 Å². The fourth-order valence-corrected chi connectivity index (χ4v) is 3.92. The molecule has 0 saturated heterocycles. The van der Waals surface area contributed by atoms with Gasteiger partial charge in [-0.25, -0.2) is 0 Å². The SMILES string of the molecule is CSCCCN(CCCc1ccccc1)[C@H](C)C(=O)NC(=O)[C@@H](N)Cc1ccc(O)cc1. The second kappa shape index (κ2) is 13.9. The van der Waals surface area contributed by atoms with Crippen molar-refractivity contribution in [2.45, 2.75) is 44.7 Å². The van der Waals surface area contributed by atoms with Crippen LogP contribution in [0, 0.1) is 0 Å². The minimum atomic E-state index is -0.835. The van der Waals surface area contributed by atoms with Crippen LogP contribution in [0.4, 0.5) is 0 Å². The van der Waals surface area contributed by atoms with E-state index in [1.165, 1.54) is 5.56 Å². The third-order valence-electron chi connectivity index (χ3n) is 5.45. The lowest BCUT2D eigenvalue weighted by Gasteiger charge is -2.28. The molecule has 2 aromatic carbocycles. The van der Waals surface area contributed by atoms with Crippen molar-refractivity contribution in [3.8, 4) is 5.75 Å². The largest absolute Gasteiger partial charge is 0.508 e. The van der Waals surface area contributed by atoms with Gasteiger partial charge in [-0.15, -0.1) is 0 Å². The number of phenols is 1. The van der Waals surface area contributed by atoms with Crippen LogP contribution in [0.3, 0.4) is 0 Å². The van der Waals surface area contributed by atoms with Gasteiger partial charge in [0.15, 0.2) is 0 Å². The first-order valence-electron chi connectivity index (χ1n) is 11.1.